The molecule has 1 aromatic rings. The fraction of sp³-hybridized carbons (Fsp3) is 0.529. The summed E-state index contributed by atoms with van der Waals surface area (Å²) in [5.41, 5.74) is -0.513. The van der Waals surface area contributed by atoms with Gasteiger partial charge >= 0.3 is 0 Å². The summed E-state index contributed by atoms with van der Waals surface area (Å²) >= 11 is 0. The molecule has 0 bridgehead atoms. The van der Waals surface area contributed by atoms with Gasteiger partial charge in [-0.1, -0.05) is 13.8 Å². The van der Waals surface area contributed by atoms with E-state index in [1.165, 1.54) is 24.3 Å². The van der Waals surface area contributed by atoms with Gasteiger partial charge in [0.25, 0.3) is 5.91 Å². The average Bonchev–Trinajstić information content (AvgIpc) is 2.48. The lowest BCUT2D eigenvalue weighted by Gasteiger charge is -2.37. The highest BCUT2D eigenvalue weighted by atomic mass is 19.1. The standard InChI is InChI=1S/C17H23FN2O3/c1-11(2)14(16(22)19-10-17(23)8-3-9-17)20-15(21)12-4-6-13(18)7-5-12/h4-7,11,14,23H,3,8-10H2,1-2H3,(H,19,22)(H,20,21). The van der Waals surface area contributed by atoms with E-state index in [9.17, 15) is 19.1 Å². The maximum absolute atomic E-state index is 12.9. The normalized spacial score (nSPS) is 17.3. The molecule has 1 aliphatic rings. The van der Waals surface area contributed by atoms with Crippen molar-refractivity contribution in [2.75, 3.05) is 6.54 Å². The van der Waals surface area contributed by atoms with Crippen molar-refractivity contribution in [1.29, 1.82) is 0 Å². The molecule has 1 saturated carbocycles. The summed E-state index contributed by atoms with van der Waals surface area (Å²) in [5, 5.41) is 15.4. The molecule has 3 N–H and O–H groups in total. The summed E-state index contributed by atoms with van der Waals surface area (Å²) in [7, 11) is 0. The van der Waals surface area contributed by atoms with Gasteiger partial charge in [0.2, 0.25) is 5.91 Å². The molecule has 1 fully saturated rings. The van der Waals surface area contributed by atoms with E-state index < -0.39 is 23.4 Å². The summed E-state index contributed by atoms with van der Waals surface area (Å²) in [6, 6.07) is 4.43. The van der Waals surface area contributed by atoms with Crippen LogP contribution in [-0.4, -0.2) is 35.1 Å². The number of aliphatic hydroxyl groups is 1. The Morgan fingerprint density at radius 2 is 1.87 bits per heavy atom. The van der Waals surface area contributed by atoms with Gasteiger partial charge in [0.05, 0.1) is 5.60 Å². The lowest BCUT2D eigenvalue weighted by molar-refractivity contribution is -0.126. The van der Waals surface area contributed by atoms with E-state index in [0.717, 1.165) is 6.42 Å². The smallest absolute Gasteiger partial charge is 0.251 e. The molecular formula is C17H23FN2O3. The van der Waals surface area contributed by atoms with E-state index >= 15 is 0 Å². The van der Waals surface area contributed by atoms with Crippen LogP contribution in [0.4, 0.5) is 4.39 Å². The molecule has 2 rings (SSSR count). The van der Waals surface area contributed by atoms with Crippen LogP contribution in [-0.2, 0) is 4.79 Å². The van der Waals surface area contributed by atoms with Crippen LogP contribution < -0.4 is 10.6 Å². The van der Waals surface area contributed by atoms with E-state index in [2.05, 4.69) is 10.6 Å². The van der Waals surface area contributed by atoms with Crippen molar-refractivity contribution in [3.05, 3.63) is 35.6 Å². The molecule has 0 aromatic heterocycles. The molecule has 126 valence electrons. The maximum atomic E-state index is 12.9. The topological polar surface area (TPSA) is 78.4 Å². The van der Waals surface area contributed by atoms with Crippen molar-refractivity contribution in [3.8, 4) is 0 Å². The van der Waals surface area contributed by atoms with Crippen molar-refractivity contribution in [2.24, 2.45) is 5.92 Å². The zero-order chi connectivity index (χ0) is 17.0. The highest BCUT2D eigenvalue weighted by Crippen LogP contribution is 2.30. The first-order chi connectivity index (χ1) is 10.8. The molecule has 0 spiro atoms. The second-order valence-corrected chi connectivity index (χ2v) is 6.50. The number of halogens is 1. The maximum Gasteiger partial charge on any atom is 0.251 e. The third kappa shape index (κ3) is 4.51. The third-order valence-electron chi connectivity index (χ3n) is 4.22. The van der Waals surface area contributed by atoms with E-state index in [0.29, 0.717) is 18.4 Å². The predicted molar refractivity (Wildman–Crippen MR) is 84.3 cm³/mol. The monoisotopic (exact) mass is 322 g/mol. The Morgan fingerprint density at radius 3 is 2.35 bits per heavy atom. The van der Waals surface area contributed by atoms with E-state index in [1.807, 2.05) is 13.8 Å². The Balaban J connectivity index is 1.95. The Hall–Kier alpha value is -1.95. The van der Waals surface area contributed by atoms with Crippen LogP contribution in [0.1, 0.15) is 43.5 Å². The van der Waals surface area contributed by atoms with Gasteiger partial charge in [0, 0.05) is 12.1 Å². The van der Waals surface area contributed by atoms with Gasteiger partial charge in [0.15, 0.2) is 0 Å². The number of nitrogens with one attached hydrogen (secondary N) is 2. The fourth-order valence-electron chi connectivity index (χ4n) is 2.48. The molecule has 1 aliphatic carbocycles. The molecule has 1 aromatic carbocycles. The van der Waals surface area contributed by atoms with Gasteiger partial charge in [-0.3, -0.25) is 9.59 Å². The van der Waals surface area contributed by atoms with Gasteiger partial charge in [0.1, 0.15) is 11.9 Å². The van der Waals surface area contributed by atoms with E-state index in [1.54, 1.807) is 0 Å². The molecule has 23 heavy (non-hydrogen) atoms. The molecule has 1 atom stereocenters. The Kier molecular flexibility index (Phi) is 5.36. The third-order valence-corrected chi connectivity index (χ3v) is 4.22. The lowest BCUT2D eigenvalue weighted by atomic mass is 9.80. The molecular weight excluding hydrogens is 299 g/mol. The van der Waals surface area contributed by atoms with Crippen molar-refractivity contribution in [3.63, 3.8) is 0 Å². The van der Waals surface area contributed by atoms with E-state index in [-0.39, 0.29) is 18.4 Å². The van der Waals surface area contributed by atoms with E-state index in [4.69, 9.17) is 0 Å². The highest BCUT2D eigenvalue weighted by molar-refractivity contribution is 5.97. The van der Waals surface area contributed by atoms with Gasteiger partial charge in [-0.2, -0.15) is 0 Å². The van der Waals surface area contributed by atoms with Crippen LogP contribution in [0.25, 0.3) is 0 Å². The van der Waals surface area contributed by atoms with Crippen LogP contribution >= 0.6 is 0 Å². The number of carbonyl (C=O) groups is 2. The number of hydrogen-bond acceptors (Lipinski definition) is 3. The minimum Gasteiger partial charge on any atom is -0.388 e. The first kappa shape index (κ1) is 17.4. The quantitative estimate of drug-likeness (QED) is 0.744. The fourth-order valence-corrected chi connectivity index (χ4v) is 2.48. The van der Waals surface area contributed by atoms with Crippen molar-refractivity contribution in [2.45, 2.75) is 44.8 Å². The minimum atomic E-state index is -0.807. The molecule has 2 amide bonds. The van der Waals surface area contributed by atoms with Crippen LogP contribution in [0, 0.1) is 11.7 Å². The summed E-state index contributed by atoms with van der Waals surface area (Å²) in [5.74, 6) is -1.29. The van der Waals surface area contributed by atoms with Crippen molar-refractivity contribution < 1.29 is 19.1 Å². The zero-order valence-electron chi connectivity index (χ0n) is 13.4. The van der Waals surface area contributed by atoms with Crippen LogP contribution in [0.3, 0.4) is 0 Å². The van der Waals surface area contributed by atoms with Crippen molar-refractivity contribution >= 4 is 11.8 Å². The van der Waals surface area contributed by atoms with Crippen molar-refractivity contribution in [1.82, 2.24) is 10.6 Å². The molecule has 6 heteroatoms. The number of amides is 2. The first-order valence-electron chi connectivity index (χ1n) is 7.87. The minimum absolute atomic E-state index is 0.115. The second kappa shape index (κ2) is 7.08. The van der Waals surface area contributed by atoms with Crippen LogP contribution in [0.5, 0.6) is 0 Å². The number of rotatable bonds is 6. The Labute approximate surface area is 135 Å². The highest BCUT2D eigenvalue weighted by Gasteiger charge is 2.35. The van der Waals surface area contributed by atoms with Crippen LogP contribution in [0.15, 0.2) is 24.3 Å². The first-order valence-corrected chi connectivity index (χ1v) is 7.87. The second-order valence-electron chi connectivity index (χ2n) is 6.50. The summed E-state index contributed by atoms with van der Waals surface area (Å²) in [4.78, 5) is 24.5. The molecule has 0 aliphatic heterocycles. The Morgan fingerprint density at radius 1 is 1.26 bits per heavy atom. The predicted octanol–water partition coefficient (Wildman–Crippen LogP) is 1.61. The van der Waals surface area contributed by atoms with Gasteiger partial charge in [-0.05, 0) is 49.4 Å². The number of carbonyl (C=O) groups excluding carboxylic acids is 2. The molecule has 0 heterocycles. The Bertz CT molecular complexity index is 568. The lowest BCUT2D eigenvalue weighted by Crippen LogP contribution is -2.54. The number of benzene rings is 1. The number of hydrogen-bond donors (Lipinski definition) is 3. The zero-order valence-corrected chi connectivity index (χ0v) is 13.4. The van der Waals surface area contributed by atoms with Gasteiger partial charge in [-0.15, -0.1) is 0 Å². The van der Waals surface area contributed by atoms with Gasteiger partial charge < -0.3 is 15.7 Å². The summed E-state index contributed by atoms with van der Waals surface area (Å²) in [6.07, 6.45) is 2.32. The molecule has 1 unspecified atom stereocenters. The summed E-state index contributed by atoms with van der Waals surface area (Å²) < 4.78 is 12.9. The largest absolute Gasteiger partial charge is 0.388 e. The molecule has 0 saturated heterocycles. The SMILES string of the molecule is CC(C)C(NC(=O)c1ccc(F)cc1)C(=O)NCC1(O)CCC1. The van der Waals surface area contributed by atoms with Crippen LogP contribution in [0.2, 0.25) is 0 Å². The summed E-state index contributed by atoms with van der Waals surface area (Å²) in [6.45, 7) is 3.85. The average molecular weight is 322 g/mol. The molecule has 0 radical (unpaired) electrons. The van der Waals surface area contributed by atoms with Gasteiger partial charge in [-0.25, -0.2) is 4.39 Å². The molecule has 5 nitrogen and oxygen atoms in total.